The van der Waals surface area contributed by atoms with E-state index in [2.05, 4.69) is 20.9 Å². The average molecular weight is 342 g/mol. The van der Waals surface area contributed by atoms with E-state index in [4.69, 9.17) is 22.1 Å². The average Bonchev–Trinajstić information content (AvgIpc) is 2.39. The van der Waals surface area contributed by atoms with E-state index in [0.717, 1.165) is 21.5 Å². The summed E-state index contributed by atoms with van der Waals surface area (Å²) in [5, 5.41) is 0.670. The number of nitrogens with zero attached hydrogens (tertiary/aromatic N) is 1. The van der Waals surface area contributed by atoms with Gasteiger partial charge in [0.1, 0.15) is 5.75 Å². The number of nitrogens with two attached hydrogens (primary N) is 1. The molecule has 5 heteroatoms. The minimum Gasteiger partial charge on any atom is -0.496 e. The zero-order chi connectivity index (χ0) is 13.8. The van der Waals surface area contributed by atoms with Crippen LogP contribution in [-0.4, -0.2) is 12.1 Å². The van der Waals surface area contributed by atoms with E-state index in [-0.39, 0.29) is 6.04 Å². The SMILES string of the molecule is COc1ccc(Cl)cc1CC(N)c1ncccc1Br. The van der Waals surface area contributed by atoms with Crippen LogP contribution in [0.4, 0.5) is 0 Å². The van der Waals surface area contributed by atoms with Gasteiger partial charge in [-0.2, -0.15) is 0 Å². The van der Waals surface area contributed by atoms with Crippen LogP contribution >= 0.6 is 27.5 Å². The maximum atomic E-state index is 6.21. The summed E-state index contributed by atoms with van der Waals surface area (Å²) in [6.45, 7) is 0. The van der Waals surface area contributed by atoms with Crippen LogP contribution in [0.3, 0.4) is 0 Å². The van der Waals surface area contributed by atoms with Gasteiger partial charge in [-0.25, -0.2) is 0 Å². The Kier molecular flexibility index (Phi) is 4.80. The second kappa shape index (κ2) is 6.37. The molecule has 1 unspecified atom stereocenters. The van der Waals surface area contributed by atoms with Gasteiger partial charge in [-0.3, -0.25) is 4.98 Å². The largest absolute Gasteiger partial charge is 0.496 e. The summed E-state index contributed by atoms with van der Waals surface area (Å²) in [4.78, 5) is 4.31. The maximum absolute atomic E-state index is 6.21. The van der Waals surface area contributed by atoms with Crippen molar-refractivity contribution in [1.29, 1.82) is 0 Å². The molecular weight excluding hydrogens is 328 g/mol. The molecule has 1 atom stereocenters. The van der Waals surface area contributed by atoms with Crippen molar-refractivity contribution in [3.05, 3.63) is 57.3 Å². The fourth-order valence-electron chi connectivity index (χ4n) is 1.91. The van der Waals surface area contributed by atoms with E-state index >= 15 is 0 Å². The third kappa shape index (κ3) is 3.47. The summed E-state index contributed by atoms with van der Waals surface area (Å²) in [5.74, 6) is 0.784. The number of ether oxygens (including phenoxy) is 1. The molecule has 19 heavy (non-hydrogen) atoms. The van der Waals surface area contributed by atoms with Gasteiger partial charge in [-0.15, -0.1) is 0 Å². The molecule has 100 valence electrons. The molecule has 0 radical (unpaired) electrons. The number of aromatic nitrogens is 1. The van der Waals surface area contributed by atoms with E-state index < -0.39 is 0 Å². The molecule has 0 aliphatic rings. The zero-order valence-electron chi connectivity index (χ0n) is 10.4. The molecule has 0 amide bonds. The summed E-state index contributed by atoms with van der Waals surface area (Å²) in [6, 6.07) is 9.08. The number of hydrogen-bond donors (Lipinski definition) is 1. The van der Waals surface area contributed by atoms with Gasteiger partial charge in [0.15, 0.2) is 0 Å². The standard InChI is InChI=1S/C14H14BrClN2O/c1-19-13-5-4-10(16)7-9(13)8-12(17)14-11(15)3-2-6-18-14/h2-7,12H,8,17H2,1H3. The summed E-state index contributed by atoms with van der Waals surface area (Å²) in [5.41, 5.74) is 8.01. The highest BCUT2D eigenvalue weighted by atomic mass is 79.9. The molecule has 1 heterocycles. The Bertz CT molecular complexity index is 577. The lowest BCUT2D eigenvalue weighted by atomic mass is 10.0. The van der Waals surface area contributed by atoms with E-state index in [9.17, 15) is 0 Å². The third-order valence-corrected chi connectivity index (χ3v) is 3.73. The van der Waals surface area contributed by atoms with Crippen LogP contribution in [-0.2, 0) is 6.42 Å². The molecule has 1 aromatic carbocycles. The van der Waals surface area contributed by atoms with E-state index in [0.29, 0.717) is 11.4 Å². The van der Waals surface area contributed by atoms with E-state index in [1.54, 1.807) is 19.4 Å². The monoisotopic (exact) mass is 340 g/mol. The number of benzene rings is 1. The van der Waals surface area contributed by atoms with Crippen molar-refractivity contribution >= 4 is 27.5 Å². The highest BCUT2D eigenvalue weighted by Crippen LogP contribution is 2.28. The lowest BCUT2D eigenvalue weighted by molar-refractivity contribution is 0.408. The van der Waals surface area contributed by atoms with Crippen molar-refractivity contribution < 1.29 is 4.74 Å². The Labute approximate surface area is 125 Å². The Hall–Kier alpha value is -1.10. The van der Waals surface area contributed by atoms with Gasteiger partial charge < -0.3 is 10.5 Å². The van der Waals surface area contributed by atoms with Crippen molar-refractivity contribution in [3.63, 3.8) is 0 Å². The third-order valence-electron chi connectivity index (χ3n) is 2.82. The molecule has 0 spiro atoms. The van der Waals surface area contributed by atoms with Gasteiger partial charge in [0.25, 0.3) is 0 Å². The molecule has 0 saturated carbocycles. The molecule has 0 fully saturated rings. The Balaban J connectivity index is 2.26. The minimum absolute atomic E-state index is 0.219. The predicted octanol–water partition coefficient (Wildman–Crippen LogP) is 3.75. The fourth-order valence-corrected chi connectivity index (χ4v) is 2.65. The molecule has 1 aromatic heterocycles. The molecule has 0 bridgehead atoms. The van der Waals surface area contributed by atoms with Crippen LogP contribution in [0.15, 0.2) is 41.0 Å². The smallest absolute Gasteiger partial charge is 0.122 e. The molecule has 0 saturated heterocycles. The quantitative estimate of drug-likeness (QED) is 0.921. The fraction of sp³-hybridized carbons (Fsp3) is 0.214. The normalized spacial score (nSPS) is 12.2. The van der Waals surface area contributed by atoms with Crippen LogP contribution in [0.2, 0.25) is 5.02 Å². The Morgan fingerprint density at radius 3 is 2.89 bits per heavy atom. The number of halogens is 2. The lowest BCUT2D eigenvalue weighted by Crippen LogP contribution is -2.16. The maximum Gasteiger partial charge on any atom is 0.122 e. The minimum atomic E-state index is -0.219. The number of methoxy groups -OCH3 is 1. The first kappa shape index (κ1) is 14.3. The highest BCUT2D eigenvalue weighted by molar-refractivity contribution is 9.10. The van der Waals surface area contributed by atoms with Crippen molar-refractivity contribution in [1.82, 2.24) is 4.98 Å². The number of hydrogen-bond acceptors (Lipinski definition) is 3. The van der Waals surface area contributed by atoms with Gasteiger partial charge >= 0.3 is 0 Å². The first-order valence-corrected chi connectivity index (χ1v) is 6.97. The second-order valence-corrected chi connectivity index (χ2v) is 5.43. The number of pyridine rings is 1. The second-order valence-electron chi connectivity index (χ2n) is 4.14. The van der Waals surface area contributed by atoms with Crippen molar-refractivity contribution in [3.8, 4) is 5.75 Å². The molecule has 2 N–H and O–H groups in total. The van der Waals surface area contributed by atoms with Gasteiger partial charge in [-0.05, 0) is 58.2 Å². The Morgan fingerprint density at radius 2 is 2.21 bits per heavy atom. The van der Waals surface area contributed by atoms with Crippen LogP contribution in [0.1, 0.15) is 17.3 Å². The molecule has 0 aliphatic carbocycles. The highest BCUT2D eigenvalue weighted by Gasteiger charge is 2.14. The zero-order valence-corrected chi connectivity index (χ0v) is 12.8. The van der Waals surface area contributed by atoms with Gasteiger partial charge in [0.05, 0.1) is 18.8 Å². The van der Waals surface area contributed by atoms with Gasteiger partial charge in [-0.1, -0.05) is 11.6 Å². The van der Waals surface area contributed by atoms with E-state index in [1.807, 2.05) is 24.3 Å². The van der Waals surface area contributed by atoms with Crippen LogP contribution in [0.5, 0.6) is 5.75 Å². The first-order valence-electron chi connectivity index (χ1n) is 5.80. The summed E-state index contributed by atoms with van der Waals surface area (Å²) < 4.78 is 6.23. The van der Waals surface area contributed by atoms with Crippen molar-refractivity contribution in [2.24, 2.45) is 5.73 Å². The summed E-state index contributed by atoms with van der Waals surface area (Å²) in [7, 11) is 1.63. The molecule has 2 rings (SSSR count). The molecule has 2 aromatic rings. The van der Waals surface area contributed by atoms with Gasteiger partial charge in [0, 0.05) is 15.7 Å². The number of rotatable bonds is 4. The van der Waals surface area contributed by atoms with Crippen molar-refractivity contribution in [2.45, 2.75) is 12.5 Å². The summed E-state index contributed by atoms with van der Waals surface area (Å²) in [6.07, 6.45) is 2.34. The van der Waals surface area contributed by atoms with Crippen LogP contribution in [0, 0.1) is 0 Å². The van der Waals surface area contributed by atoms with E-state index in [1.165, 1.54) is 0 Å². The molecular formula is C14H14BrClN2O. The van der Waals surface area contributed by atoms with Crippen molar-refractivity contribution in [2.75, 3.05) is 7.11 Å². The predicted molar refractivity (Wildman–Crippen MR) is 80.6 cm³/mol. The Morgan fingerprint density at radius 1 is 1.42 bits per heavy atom. The molecule has 3 nitrogen and oxygen atoms in total. The van der Waals surface area contributed by atoms with Gasteiger partial charge in [0.2, 0.25) is 0 Å². The lowest BCUT2D eigenvalue weighted by Gasteiger charge is -2.15. The first-order chi connectivity index (χ1) is 9.11. The van der Waals surface area contributed by atoms with Crippen LogP contribution in [0.25, 0.3) is 0 Å². The van der Waals surface area contributed by atoms with Crippen LogP contribution < -0.4 is 10.5 Å². The summed E-state index contributed by atoms with van der Waals surface area (Å²) >= 11 is 9.47. The topological polar surface area (TPSA) is 48.1 Å². The molecule has 0 aliphatic heterocycles.